The van der Waals surface area contributed by atoms with E-state index < -0.39 is 18.2 Å². The quantitative estimate of drug-likeness (QED) is 0.345. The molecule has 0 aromatic carbocycles. The molecule has 0 spiro atoms. The van der Waals surface area contributed by atoms with Gasteiger partial charge in [-0.2, -0.15) is 0 Å². The van der Waals surface area contributed by atoms with Gasteiger partial charge in [0.25, 0.3) is 0 Å². The predicted octanol–water partition coefficient (Wildman–Crippen LogP) is 2.02. The number of thiophene rings is 1. The van der Waals surface area contributed by atoms with Crippen LogP contribution in [0.3, 0.4) is 0 Å². The topological polar surface area (TPSA) is 116 Å². The van der Waals surface area contributed by atoms with Crippen molar-refractivity contribution in [3.8, 4) is 0 Å². The molecule has 1 rings (SSSR count). The molecule has 0 saturated carbocycles. The molecule has 2 N–H and O–H groups in total. The molecule has 2 unspecified atom stereocenters. The summed E-state index contributed by atoms with van der Waals surface area (Å²) >= 11 is 1.07. The summed E-state index contributed by atoms with van der Waals surface area (Å²) in [6.07, 6.45) is -2.00. The minimum absolute atomic E-state index is 0.102. The second kappa shape index (κ2) is 7.75. The van der Waals surface area contributed by atoms with Crippen molar-refractivity contribution in [2.24, 2.45) is 5.11 Å². The van der Waals surface area contributed by atoms with E-state index in [1.165, 1.54) is 0 Å². The summed E-state index contributed by atoms with van der Waals surface area (Å²) in [5, 5.41) is 22.9. The maximum absolute atomic E-state index is 11.5. The highest BCUT2D eigenvalue weighted by molar-refractivity contribution is 7.14. The molecule has 0 saturated heterocycles. The fourth-order valence-electron chi connectivity index (χ4n) is 1.41. The first kappa shape index (κ1) is 15.5. The molecule has 0 amide bonds. The Bertz CT molecular complexity index is 470. The van der Waals surface area contributed by atoms with Crippen molar-refractivity contribution in [3.05, 3.63) is 32.3 Å². The van der Waals surface area contributed by atoms with Crippen LogP contribution in [0.2, 0.25) is 0 Å². The maximum atomic E-state index is 11.5. The van der Waals surface area contributed by atoms with Gasteiger partial charge in [-0.1, -0.05) is 5.11 Å². The summed E-state index contributed by atoms with van der Waals surface area (Å²) in [5.74, 6) is -0.450. The van der Waals surface area contributed by atoms with Gasteiger partial charge in [0.1, 0.15) is 11.0 Å². The van der Waals surface area contributed by atoms with Gasteiger partial charge in [-0.05, 0) is 31.0 Å². The maximum Gasteiger partial charge on any atom is 0.348 e. The van der Waals surface area contributed by atoms with Crippen LogP contribution in [0.1, 0.15) is 34.0 Å². The van der Waals surface area contributed by atoms with Crippen LogP contribution in [-0.4, -0.2) is 35.4 Å². The SMILES string of the molecule is CCOC(=O)c1ccc(C(O)C(O)CCN=[N+]=[N-])s1. The number of hydrogen-bond donors (Lipinski definition) is 2. The number of nitrogens with zero attached hydrogens (tertiary/aromatic N) is 3. The van der Waals surface area contributed by atoms with Crippen LogP contribution in [0.15, 0.2) is 17.2 Å². The van der Waals surface area contributed by atoms with Crippen LogP contribution in [0.5, 0.6) is 0 Å². The zero-order valence-corrected chi connectivity index (χ0v) is 11.2. The van der Waals surface area contributed by atoms with Gasteiger partial charge in [0.2, 0.25) is 0 Å². The lowest BCUT2D eigenvalue weighted by Gasteiger charge is -2.15. The number of hydrogen-bond acceptors (Lipinski definition) is 6. The zero-order chi connectivity index (χ0) is 14.3. The second-order valence-electron chi connectivity index (χ2n) is 3.68. The Labute approximate surface area is 114 Å². The van der Waals surface area contributed by atoms with E-state index in [9.17, 15) is 15.0 Å². The highest BCUT2D eigenvalue weighted by Crippen LogP contribution is 2.27. The summed E-state index contributed by atoms with van der Waals surface area (Å²) in [6.45, 7) is 2.09. The lowest BCUT2D eigenvalue weighted by molar-refractivity contribution is 0.0172. The number of azide groups is 1. The van der Waals surface area contributed by atoms with Gasteiger partial charge >= 0.3 is 5.97 Å². The van der Waals surface area contributed by atoms with Crippen LogP contribution in [0, 0.1) is 0 Å². The fourth-order valence-corrected chi connectivity index (χ4v) is 2.35. The summed E-state index contributed by atoms with van der Waals surface area (Å²) in [4.78, 5) is 14.9. The van der Waals surface area contributed by atoms with E-state index in [0.29, 0.717) is 9.75 Å². The Hall–Kier alpha value is -1.60. The third kappa shape index (κ3) is 4.53. The molecule has 0 fully saturated rings. The first-order valence-corrected chi connectivity index (χ1v) is 6.55. The smallest absolute Gasteiger partial charge is 0.348 e. The van der Waals surface area contributed by atoms with E-state index in [-0.39, 0.29) is 19.6 Å². The third-order valence-corrected chi connectivity index (χ3v) is 3.48. The minimum atomic E-state index is -1.11. The fraction of sp³-hybridized carbons (Fsp3) is 0.545. The van der Waals surface area contributed by atoms with E-state index in [1.54, 1.807) is 19.1 Å². The molecule has 7 nitrogen and oxygen atoms in total. The normalized spacial score (nSPS) is 13.4. The van der Waals surface area contributed by atoms with Gasteiger partial charge in [-0.15, -0.1) is 11.3 Å². The van der Waals surface area contributed by atoms with Gasteiger partial charge in [0.15, 0.2) is 0 Å². The molecule has 1 aromatic rings. The number of aliphatic hydroxyl groups is 2. The van der Waals surface area contributed by atoms with Crippen molar-refractivity contribution in [2.45, 2.75) is 25.6 Å². The summed E-state index contributed by atoms with van der Waals surface area (Å²) < 4.78 is 4.83. The molecule has 8 heteroatoms. The average Bonchev–Trinajstić information content (AvgIpc) is 2.88. The number of carbonyl (C=O) groups excluding carboxylic acids is 1. The summed E-state index contributed by atoms with van der Waals surface area (Å²) in [6, 6.07) is 3.11. The van der Waals surface area contributed by atoms with Crippen molar-refractivity contribution in [1.82, 2.24) is 0 Å². The van der Waals surface area contributed by atoms with E-state index in [1.807, 2.05) is 0 Å². The highest BCUT2D eigenvalue weighted by Gasteiger charge is 2.21. The molecule has 0 aliphatic carbocycles. The van der Waals surface area contributed by atoms with Crippen molar-refractivity contribution in [1.29, 1.82) is 0 Å². The number of esters is 1. The summed E-state index contributed by atoms with van der Waals surface area (Å²) in [5.41, 5.74) is 8.11. The molecular formula is C11H15N3O4S. The Kier molecular flexibility index (Phi) is 6.31. The monoisotopic (exact) mass is 285 g/mol. The van der Waals surface area contributed by atoms with Gasteiger partial charge in [0.05, 0.1) is 12.7 Å². The Morgan fingerprint density at radius 3 is 2.95 bits per heavy atom. The minimum Gasteiger partial charge on any atom is -0.462 e. The van der Waals surface area contributed by atoms with Gasteiger partial charge < -0.3 is 14.9 Å². The second-order valence-corrected chi connectivity index (χ2v) is 4.79. The van der Waals surface area contributed by atoms with Crippen molar-refractivity contribution >= 4 is 17.3 Å². The van der Waals surface area contributed by atoms with Crippen LogP contribution in [0.25, 0.3) is 10.4 Å². The molecule has 19 heavy (non-hydrogen) atoms. The average molecular weight is 285 g/mol. The van der Waals surface area contributed by atoms with Gasteiger partial charge in [-0.25, -0.2) is 4.79 Å². The number of carbonyl (C=O) groups is 1. The third-order valence-electron chi connectivity index (χ3n) is 2.35. The molecular weight excluding hydrogens is 270 g/mol. The molecule has 0 bridgehead atoms. The largest absolute Gasteiger partial charge is 0.462 e. The molecule has 104 valence electrons. The predicted molar refractivity (Wildman–Crippen MR) is 69.9 cm³/mol. The molecule has 0 aliphatic heterocycles. The molecule has 0 aliphatic rings. The van der Waals surface area contributed by atoms with E-state index in [0.717, 1.165) is 11.3 Å². The van der Waals surface area contributed by atoms with Crippen LogP contribution < -0.4 is 0 Å². The number of aliphatic hydroxyl groups excluding tert-OH is 2. The molecule has 2 atom stereocenters. The Morgan fingerprint density at radius 2 is 2.32 bits per heavy atom. The molecule has 1 aromatic heterocycles. The lowest BCUT2D eigenvalue weighted by Crippen LogP contribution is -2.18. The van der Waals surface area contributed by atoms with Gasteiger partial charge in [0, 0.05) is 16.3 Å². The number of ether oxygens (including phenoxy) is 1. The van der Waals surface area contributed by atoms with Crippen molar-refractivity contribution in [3.63, 3.8) is 0 Å². The van der Waals surface area contributed by atoms with E-state index >= 15 is 0 Å². The Balaban J connectivity index is 2.64. The molecule has 0 radical (unpaired) electrons. The molecule has 1 heterocycles. The van der Waals surface area contributed by atoms with Crippen molar-refractivity contribution in [2.75, 3.05) is 13.2 Å². The van der Waals surface area contributed by atoms with Gasteiger partial charge in [-0.3, -0.25) is 0 Å². The Morgan fingerprint density at radius 1 is 1.58 bits per heavy atom. The van der Waals surface area contributed by atoms with E-state index in [2.05, 4.69) is 10.0 Å². The van der Waals surface area contributed by atoms with Crippen molar-refractivity contribution < 1.29 is 19.7 Å². The highest BCUT2D eigenvalue weighted by atomic mass is 32.1. The van der Waals surface area contributed by atoms with E-state index in [4.69, 9.17) is 10.3 Å². The van der Waals surface area contributed by atoms with Crippen LogP contribution >= 0.6 is 11.3 Å². The summed E-state index contributed by atoms with van der Waals surface area (Å²) in [7, 11) is 0. The van der Waals surface area contributed by atoms with Crippen LogP contribution in [0.4, 0.5) is 0 Å². The zero-order valence-electron chi connectivity index (χ0n) is 10.4. The standard InChI is InChI=1S/C11H15N3O4S/c1-2-18-11(17)9-4-3-8(19-9)10(16)7(15)5-6-13-14-12/h3-4,7,10,15-16H,2,5-6H2,1H3. The lowest BCUT2D eigenvalue weighted by atomic mass is 10.1. The van der Waals surface area contributed by atoms with Crippen LogP contribution in [-0.2, 0) is 4.74 Å². The number of rotatable bonds is 7. The first-order chi connectivity index (χ1) is 9.10. The first-order valence-electron chi connectivity index (χ1n) is 5.74.